The Morgan fingerprint density at radius 2 is 2.43 bits per heavy atom. The Bertz CT molecular complexity index is 485. The molecule has 2 N–H and O–H groups in total. The molecule has 2 heterocycles. The average Bonchev–Trinajstić information content (AvgIpc) is 2.67. The largest absolute Gasteiger partial charge is 0.369 e. The fourth-order valence-electron chi connectivity index (χ4n) is 1.27. The van der Waals surface area contributed by atoms with E-state index in [4.69, 9.17) is 5.73 Å². The predicted octanol–water partition coefficient (Wildman–Crippen LogP) is 1.29. The lowest BCUT2D eigenvalue weighted by Gasteiger charge is -2.00. The molecule has 1 atom stereocenters. The van der Waals surface area contributed by atoms with Crippen LogP contribution < -0.4 is 5.73 Å². The summed E-state index contributed by atoms with van der Waals surface area (Å²) in [6, 6.07) is 0. The van der Waals surface area contributed by atoms with E-state index in [2.05, 4.69) is 4.98 Å². The molecule has 0 saturated heterocycles. The van der Waals surface area contributed by atoms with Gasteiger partial charge >= 0.3 is 0 Å². The Hall–Kier alpha value is -1.36. The van der Waals surface area contributed by atoms with Gasteiger partial charge in [0, 0.05) is 17.3 Å². The molecule has 0 fully saturated rings. The lowest BCUT2D eigenvalue weighted by molar-refractivity contribution is -0.119. The van der Waals surface area contributed by atoms with Crippen LogP contribution in [-0.2, 0) is 4.79 Å². The van der Waals surface area contributed by atoms with Crippen LogP contribution in [-0.4, -0.2) is 15.3 Å². The number of hydrogen-bond donors (Lipinski definition) is 1. The second-order valence-electron chi connectivity index (χ2n) is 3.32. The van der Waals surface area contributed by atoms with Gasteiger partial charge in [-0.05, 0) is 13.8 Å². The van der Waals surface area contributed by atoms with E-state index in [0.29, 0.717) is 0 Å². The molecule has 14 heavy (non-hydrogen) atoms. The summed E-state index contributed by atoms with van der Waals surface area (Å²) < 4.78 is 1.97. The molecule has 0 bridgehead atoms. The number of aryl methyl sites for hydroxylation is 1. The van der Waals surface area contributed by atoms with Crippen LogP contribution in [0.1, 0.15) is 24.2 Å². The molecule has 0 aliphatic carbocycles. The van der Waals surface area contributed by atoms with Gasteiger partial charge in [-0.1, -0.05) is 0 Å². The van der Waals surface area contributed by atoms with Crippen LogP contribution in [0.3, 0.4) is 0 Å². The van der Waals surface area contributed by atoms with Gasteiger partial charge in [-0.15, -0.1) is 11.3 Å². The molecule has 0 radical (unpaired) electrons. The second kappa shape index (κ2) is 3.09. The van der Waals surface area contributed by atoms with Crippen LogP contribution in [0.4, 0.5) is 0 Å². The molecular weight excluding hydrogens is 198 g/mol. The Morgan fingerprint density at radius 1 is 1.71 bits per heavy atom. The number of carbonyl (C=O) groups excluding carboxylic acids is 1. The number of nitrogens with zero attached hydrogens (tertiary/aromatic N) is 2. The summed E-state index contributed by atoms with van der Waals surface area (Å²) in [6.07, 6.45) is 1.87. The first-order valence-electron chi connectivity index (χ1n) is 4.32. The highest BCUT2D eigenvalue weighted by molar-refractivity contribution is 7.15. The number of imidazole rings is 1. The molecule has 0 aliphatic rings. The highest BCUT2D eigenvalue weighted by atomic mass is 32.1. The zero-order chi connectivity index (χ0) is 10.3. The van der Waals surface area contributed by atoms with Crippen molar-refractivity contribution >= 4 is 22.2 Å². The molecular formula is C9H11N3OS. The maximum absolute atomic E-state index is 11.0. The summed E-state index contributed by atoms with van der Waals surface area (Å²) in [7, 11) is 0. The Kier molecular flexibility index (Phi) is 2.03. The maximum Gasteiger partial charge on any atom is 0.226 e. The van der Waals surface area contributed by atoms with Crippen LogP contribution in [0.2, 0.25) is 0 Å². The molecule has 2 rings (SSSR count). The van der Waals surface area contributed by atoms with E-state index >= 15 is 0 Å². The Morgan fingerprint density at radius 3 is 3.00 bits per heavy atom. The first-order valence-corrected chi connectivity index (χ1v) is 5.20. The van der Waals surface area contributed by atoms with Crippen molar-refractivity contribution in [3.63, 3.8) is 0 Å². The van der Waals surface area contributed by atoms with Gasteiger partial charge in [0.1, 0.15) is 0 Å². The number of rotatable bonds is 2. The zero-order valence-electron chi connectivity index (χ0n) is 8.02. The molecule has 0 aliphatic heterocycles. The Balaban J connectivity index is 2.50. The molecule has 1 unspecified atom stereocenters. The number of fused-ring (bicyclic) bond motifs is 1. The third-order valence-electron chi connectivity index (χ3n) is 2.28. The zero-order valence-corrected chi connectivity index (χ0v) is 8.84. The van der Waals surface area contributed by atoms with Gasteiger partial charge in [-0.2, -0.15) is 0 Å². The maximum atomic E-state index is 11.0. The summed E-state index contributed by atoms with van der Waals surface area (Å²) in [5, 5.41) is 2.03. The van der Waals surface area contributed by atoms with Crippen LogP contribution in [0.5, 0.6) is 0 Å². The molecule has 0 aromatic carbocycles. The van der Waals surface area contributed by atoms with Crippen molar-refractivity contribution in [2.24, 2.45) is 5.73 Å². The lowest BCUT2D eigenvalue weighted by Crippen LogP contribution is -2.18. The first kappa shape index (κ1) is 9.21. The van der Waals surface area contributed by atoms with Gasteiger partial charge in [0.05, 0.1) is 11.6 Å². The summed E-state index contributed by atoms with van der Waals surface area (Å²) >= 11 is 1.56. The SMILES string of the molecule is Cc1csc2nc(C(C)C(N)=O)cn12. The van der Waals surface area contributed by atoms with Crippen molar-refractivity contribution in [1.29, 1.82) is 0 Å². The summed E-state index contributed by atoms with van der Waals surface area (Å²) in [6.45, 7) is 3.77. The molecule has 0 spiro atoms. The van der Waals surface area contributed by atoms with Crippen LogP contribution in [0.25, 0.3) is 4.96 Å². The summed E-state index contributed by atoms with van der Waals surface area (Å²) in [4.78, 5) is 16.2. The molecule has 1 amide bonds. The average molecular weight is 209 g/mol. The van der Waals surface area contributed by atoms with Crippen molar-refractivity contribution in [2.45, 2.75) is 19.8 Å². The third-order valence-corrected chi connectivity index (χ3v) is 3.24. The Labute approximate surface area is 85.4 Å². The number of amides is 1. The van der Waals surface area contributed by atoms with Crippen molar-refractivity contribution in [1.82, 2.24) is 9.38 Å². The third kappa shape index (κ3) is 1.29. The highest BCUT2D eigenvalue weighted by Gasteiger charge is 2.16. The van der Waals surface area contributed by atoms with E-state index in [9.17, 15) is 4.79 Å². The van der Waals surface area contributed by atoms with Gasteiger partial charge in [0.2, 0.25) is 5.91 Å². The first-order chi connectivity index (χ1) is 6.59. The number of aromatic nitrogens is 2. The molecule has 2 aromatic heterocycles. The van der Waals surface area contributed by atoms with Crippen LogP contribution in [0.15, 0.2) is 11.6 Å². The highest BCUT2D eigenvalue weighted by Crippen LogP contribution is 2.20. The number of primary amides is 1. The molecule has 5 heteroatoms. The van der Waals surface area contributed by atoms with Gasteiger partial charge in [-0.25, -0.2) is 4.98 Å². The molecule has 74 valence electrons. The summed E-state index contributed by atoms with van der Waals surface area (Å²) in [5.41, 5.74) is 7.08. The number of nitrogens with two attached hydrogens (primary N) is 1. The lowest BCUT2D eigenvalue weighted by atomic mass is 10.1. The van der Waals surface area contributed by atoms with E-state index in [1.54, 1.807) is 18.3 Å². The molecule has 4 nitrogen and oxygen atoms in total. The molecule has 2 aromatic rings. The van der Waals surface area contributed by atoms with Crippen molar-refractivity contribution < 1.29 is 4.79 Å². The predicted molar refractivity (Wildman–Crippen MR) is 55.4 cm³/mol. The van der Waals surface area contributed by atoms with E-state index in [1.807, 2.05) is 22.9 Å². The van der Waals surface area contributed by atoms with E-state index in [0.717, 1.165) is 16.3 Å². The minimum atomic E-state index is -0.339. The normalized spacial score (nSPS) is 13.3. The van der Waals surface area contributed by atoms with Gasteiger partial charge in [0.15, 0.2) is 4.96 Å². The van der Waals surface area contributed by atoms with E-state index in [1.165, 1.54) is 0 Å². The monoisotopic (exact) mass is 209 g/mol. The quantitative estimate of drug-likeness (QED) is 0.810. The summed E-state index contributed by atoms with van der Waals surface area (Å²) in [5.74, 6) is -0.657. The number of thiazole rings is 1. The standard InChI is InChI=1S/C9H11N3OS/c1-5-4-14-9-11-7(3-12(5)9)6(2)8(10)13/h3-4,6H,1-2H3,(H2,10,13). The van der Waals surface area contributed by atoms with Crippen LogP contribution in [0, 0.1) is 6.92 Å². The second-order valence-corrected chi connectivity index (χ2v) is 4.16. The van der Waals surface area contributed by atoms with Crippen molar-refractivity contribution in [3.05, 3.63) is 23.0 Å². The number of hydrogen-bond acceptors (Lipinski definition) is 3. The van der Waals surface area contributed by atoms with Gasteiger partial charge in [-0.3, -0.25) is 9.20 Å². The topological polar surface area (TPSA) is 60.4 Å². The smallest absolute Gasteiger partial charge is 0.226 e. The van der Waals surface area contributed by atoms with E-state index < -0.39 is 0 Å². The van der Waals surface area contributed by atoms with Crippen molar-refractivity contribution in [3.8, 4) is 0 Å². The van der Waals surface area contributed by atoms with Gasteiger partial charge in [0.25, 0.3) is 0 Å². The van der Waals surface area contributed by atoms with Gasteiger partial charge < -0.3 is 5.73 Å². The fraction of sp³-hybridized carbons (Fsp3) is 0.333. The van der Waals surface area contributed by atoms with Crippen molar-refractivity contribution in [2.75, 3.05) is 0 Å². The molecule has 0 saturated carbocycles. The fourth-order valence-corrected chi connectivity index (χ4v) is 2.12. The van der Waals surface area contributed by atoms with E-state index in [-0.39, 0.29) is 11.8 Å². The number of carbonyl (C=O) groups is 1. The minimum Gasteiger partial charge on any atom is -0.369 e. The minimum absolute atomic E-state index is 0.318. The van der Waals surface area contributed by atoms with Crippen LogP contribution >= 0.6 is 11.3 Å².